The topological polar surface area (TPSA) is 117 Å². The number of carbonyl (C=O) groups excluding carboxylic acids is 2. The molecule has 1 heterocycles. The lowest BCUT2D eigenvalue weighted by molar-refractivity contribution is -0.119. The van der Waals surface area contributed by atoms with Crippen LogP contribution in [0.3, 0.4) is 0 Å². The Morgan fingerprint density at radius 1 is 1.06 bits per heavy atom. The number of carbonyl (C=O) groups is 2. The predicted octanol–water partition coefficient (Wildman–Crippen LogP) is 4.34. The number of rotatable bonds is 7. The van der Waals surface area contributed by atoms with Crippen molar-refractivity contribution in [3.8, 4) is 11.3 Å². The van der Waals surface area contributed by atoms with E-state index in [1.165, 1.54) is 12.1 Å². The summed E-state index contributed by atoms with van der Waals surface area (Å²) in [5.74, 6) is -1.41. The third-order valence-corrected chi connectivity index (χ3v) is 5.75. The number of nitrogens with zero attached hydrogens (tertiary/aromatic N) is 2. The number of anilines is 2. The quantitative estimate of drug-likeness (QED) is 0.425. The zero-order valence-corrected chi connectivity index (χ0v) is 19.6. The first-order chi connectivity index (χ1) is 15.7. The van der Waals surface area contributed by atoms with Crippen molar-refractivity contribution < 1.29 is 14.0 Å². The second-order valence-electron chi connectivity index (χ2n) is 7.38. The van der Waals surface area contributed by atoms with Crippen LogP contribution in [0.15, 0.2) is 52.4 Å². The summed E-state index contributed by atoms with van der Waals surface area (Å²) in [4.78, 5) is 39.8. The van der Waals surface area contributed by atoms with Gasteiger partial charge < -0.3 is 10.6 Å². The molecule has 0 aliphatic carbocycles. The minimum absolute atomic E-state index is 0.0389. The number of para-hydroxylation sites is 1. The van der Waals surface area contributed by atoms with Crippen molar-refractivity contribution >= 4 is 46.6 Å². The van der Waals surface area contributed by atoms with Gasteiger partial charge in [0.1, 0.15) is 5.82 Å². The molecule has 3 aromatic rings. The van der Waals surface area contributed by atoms with Crippen LogP contribution in [0.2, 0.25) is 5.02 Å². The van der Waals surface area contributed by atoms with Gasteiger partial charge in [-0.1, -0.05) is 55.4 Å². The second kappa shape index (κ2) is 10.6. The Morgan fingerprint density at radius 2 is 1.79 bits per heavy atom. The van der Waals surface area contributed by atoms with Crippen molar-refractivity contribution in [1.82, 2.24) is 15.2 Å². The number of thioether (sulfide) groups is 1. The summed E-state index contributed by atoms with van der Waals surface area (Å²) in [6, 6.07) is 10.6. The minimum Gasteiger partial charge on any atom is -0.325 e. The number of hydrogen-bond donors (Lipinski definition) is 3. The molecule has 0 spiro atoms. The van der Waals surface area contributed by atoms with E-state index >= 15 is 0 Å². The van der Waals surface area contributed by atoms with E-state index in [0.29, 0.717) is 16.9 Å². The second-order valence-corrected chi connectivity index (χ2v) is 9.11. The molecule has 3 N–H and O–H groups in total. The molecular formula is C22H21ClFN5O3S. The van der Waals surface area contributed by atoms with E-state index in [1.807, 2.05) is 0 Å². The normalized spacial score (nSPS) is 11.8. The number of benzene rings is 2. The summed E-state index contributed by atoms with van der Waals surface area (Å²) in [7, 11) is 0. The molecule has 0 saturated heterocycles. The van der Waals surface area contributed by atoms with Gasteiger partial charge in [0.15, 0.2) is 10.9 Å². The van der Waals surface area contributed by atoms with Gasteiger partial charge in [-0.15, -0.1) is 10.2 Å². The summed E-state index contributed by atoms with van der Waals surface area (Å²) in [6.45, 7) is 5.15. The minimum atomic E-state index is -0.651. The first-order valence-electron chi connectivity index (χ1n) is 9.95. The van der Waals surface area contributed by atoms with Gasteiger partial charge in [0.25, 0.3) is 5.56 Å². The molecule has 2 amide bonds. The van der Waals surface area contributed by atoms with E-state index in [4.69, 9.17) is 11.6 Å². The van der Waals surface area contributed by atoms with E-state index in [0.717, 1.165) is 17.8 Å². The molecule has 0 bridgehead atoms. The van der Waals surface area contributed by atoms with Crippen LogP contribution >= 0.6 is 23.4 Å². The van der Waals surface area contributed by atoms with E-state index in [1.54, 1.807) is 45.0 Å². The van der Waals surface area contributed by atoms with Gasteiger partial charge in [-0.25, -0.2) is 4.39 Å². The average Bonchev–Trinajstić information content (AvgIpc) is 2.77. The maximum Gasteiger partial charge on any atom is 0.278 e. The standard InChI is InChI=1S/C22H21ClFN5O3S/c1-11(2)19(30)26-17-7-5-4-6-14(17)18-21(32)27-22(29-28-18)33-12(3)20(31)25-13-8-9-16(24)15(23)10-13/h4-12H,1-3H3,(H,25,31)(H,26,30)(H,27,29,32). The molecule has 11 heteroatoms. The fourth-order valence-electron chi connectivity index (χ4n) is 2.67. The van der Waals surface area contributed by atoms with E-state index in [2.05, 4.69) is 25.8 Å². The molecule has 2 aromatic carbocycles. The highest BCUT2D eigenvalue weighted by molar-refractivity contribution is 8.00. The third kappa shape index (κ3) is 6.17. The zero-order chi connectivity index (χ0) is 24.1. The maximum atomic E-state index is 13.3. The Kier molecular flexibility index (Phi) is 7.83. The van der Waals surface area contributed by atoms with E-state index in [-0.39, 0.29) is 27.7 Å². The summed E-state index contributed by atoms with van der Waals surface area (Å²) in [5.41, 5.74) is 0.737. The monoisotopic (exact) mass is 489 g/mol. The molecule has 1 atom stereocenters. The van der Waals surface area contributed by atoms with Crippen LogP contribution in [0.4, 0.5) is 15.8 Å². The summed E-state index contributed by atoms with van der Waals surface area (Å²) in [5, 5.41) is 12.8. The molecule has 0 fully saturated rings. The van der Waals surface area contributed by atoms with Gasteiger partial charge >= 0.3 is 0 Å². The molecule has 172 valence electrons. The number of nitrogens with one attached hydrogen (secondary N) is 3. The molecule has 0 radical (unpaired) electrons. The Labute approximate surface area is 198 Å². The Balaban J connectivity index is 1.75. The highest BCUT2D eigenvalue weighted by Crippen LogP contribution is 2.26. The molecule has 0 saturated carbocycles. The lowest BCUT2D eigenvalue weighted by Gasteiger charge is -2.13. The van der Waals surface area contributed by atoms with Gasteiger partial charge in [-0.3, -0.25) is 19.4 Å². The smallest absolute Gasteiger partial charge is 0.278 e. The molecule has 33 heavy (non-hydrogen) atoms. The van der Waals surface area contributed by atoms with Gasteiger partial charge in [0.05, 0.1) is 16.0 Å². The zero-order valence-electron chi connectivity index (χ0n) is 18.0. The van der Waals surface area contributed by atoms with Crippen molar-refractivity contribution in [3.63, 3.8) is 0 Å². The maximum absolute atomic E-state index is 13.3. The van der Waals surface area contributed by atoms with Gasteiger partial charge in [-0.2, -0.15) is 0 Å². The van der Waals surface area contributed by atoms with Crippen LogP contribution in [0.5, 0.6) is 0 Å². The molecule has 0 aliphatic rings. The van der Waals surface area contributed by atoms with Crippen LogP contribution in [-0.4, -0.2) is 32.2 Å². The first kappa shape index (κ1) is 24.4. The van der Waals surface area contributed by atoms with Crippen LogP contribution in [0, 0.1) is 11.7 Å². The van der Waals surface area contributed by atoms with Crippen LogP contribution in [0.1, 0.15) is 20.8 Å². The Hall–Kier alpha value is -3.24. The van der Waals surface area contributed by atoms with Crippen molar-refractivity contribution in [2.75, 3.05) is 10.6 Å². The number of halogens is 2. The fourth-order valence-corrected chi connectivity index (χ4v) is 3.59. The molecule has 1 unspecified atom stereocenters. The van der Waals surface area contributed by atoms with Crippen LogP contribution < -0.4 is 16.2 Å². The lowest BCUT2D eigenvalue weighted by atomic mass is 10.1. The highest BCUT2D eigenvalue weighted by Gasteiger charge is 2.19. The highest BCUT2D eigenvalue weighted by atomic mass is 35.5. The Morgan fingerprint density at radius 3 is 2.45 bits per heavy atom. The largest absolute Gasteiger partial charge is 0.325 e. The SMILES string of the molecule is CC(C)C(=O)Nc1ccccc1-c1nnc(SC(C)C(=O)Nc2ccc(F)c(Cl)c2)[nH]c1=O. The molecule has 3 rings (SSSR count). The average molecular weight is 490 g/mol. The van der Waals surface area contributed by atoms with Crippen molar-refractivity contribution in [2.24, 2.45) is 5.92 Å². The molecular weight excluding hydrogens is 469 g/mol. The number of H-pyrrole nitrogens is 1. The van der Waals surface area contributed by atoms with Crippen molar-refractivity contribution in [1.29, 1.82) is 0 Å². The number of amides is 2. The van der Waals surface area contributed by atoms with Gasteiger partial charge in [0.2, 0.25) is 11.8 Å². The van der Waals surface area contributed by atoms with Crippen LogP contribution in [-0.2, 0) is 9.59 Å². The lowest BCUT2D eigenvalue weighted by Crippen LogP contribution is -2.24. The molecule has 0 aliphatic heterocycles. The van der Waals surface area contributed by atoms with E-state index in [9.17, 15) is 18.8 Å². The number of hydrogen-bond acceptors (Lipinski definition) is 6. The van der Waals surface area contributed by atoms with Crippen LogP contribution in [0.25, 0.3) is 11.3 Å². The molecule has 1 aromatic heterocycles. The predicted molar refractivity (Wildman–Crippen MR) is 127 cm³/mol. The molecule has 8 nitrogen and oxygen atoms in total. The summed E-state index contributed by atoms with van der Waals surface area (Å²) < 4.78 is 13.3. The number of aromatic amines is 1. The van der Waals surface area contributed by atoms with Gasteiger partial charge in [0, 0.05) is 17.2 Å². The third-order valence-electron chi connectivity index (χ3n) is 4.49. The van der Waals surface area contributed by atoms with Gasteiger partial charge in [-0.05, 0) is 31.2 Å². The number of aromatic nitrogens is 3. The fraction of sp³-hybridized carbons (Fsp3) is 0.227. The summed E-state index contributed by atoms with van der Waals surface area (Å²) in [6.07, 6.45) is 0. The van der Waals surface area contributed by atoms with E-state index < -0.39 is 22.5 Å². The Bertz CT molecular complexity index is 1250. The van der Waals surface area contributed by atoms with Crippen molar-refractivity contribution in [2.45, 2.75) is 31.2 Å². The summed E-state index contributed by atoms with van der Waals surface area (Å²) >= 11 is 6.73. The first-order valence-corrected chi connectivity index (χ1v) is 11.2. The van der Waals surface area contributed by atoms with Crippen molar-refractivity contribution in [3.05, 3.63) is 63.7 Å².